The largest absolute Gasteiger partial charge is 0.309 e. The second-order valence-corrected chi connectivity index (χ2v) is 15.2. The predicted molar refractivity (Wildman–Crippen MR) is 240 cm³/mol. The quantitative estimate of drug-likeness (QED) is 0.167. The van der Waals surface area contributed by atoms with Gasteiger partial charge in [-0.2, -0.15) is 0 Å². The molecule has 2 heterocycles. The third-order valence-corrected chi connectivity index (χ3v) is 12.2. The molecule has 0 N–H and O–H groups in total. The summed E-state index contributed by atoms with van der Waals surface area (Å²) in [6.07, 6.45) is 0.897. The summed E-state index contributed by atoms with van der Waals surface area (Å²) in [4.78, 5) is 0. The molecule has 0 unspecified atom stereocenters. The van der Waals surface area contributed by atoms with Gasteiger partial charge >= 0.3 is 0 Å². The zero-order valence-corrected chi connectivity index (χ0v) is 31.2. The van der Waals surface area contributed by atoms with E-state index >= 15 is 0 Å². The maximum absolute atomic E-state index is 2.53. The Balaban J connectivity index is 1.02. The summed E-state index contributed by atoms with van der Waals surface area (Å²) in [6, 6.07) is 75.6. The highest BCUT2D eigenvalue weighted by atomic mass is 15.0. The number of hydrogen-bond donors (Lipinski definition) is 0. The van der Waals surface area contributed by atoms with E-state index in [0.29, 0.717) is 0 Å². The Labute approximate surface area is 331 Å². The van der Waals surface area contributed by atoms with Gasteiger partial charge in [0.1, 0.15) is 0 Å². The number of nitrogens with zero attached hydrogens (tertiary/aromatic N) is 2. The van der Waals surface area contributed by atoms with E-state index in [1.807, 2.05) is 0 Å². The van der Waals surface area contributed by atoms with Crippen molar-refractivity contribution in [3.8, 4) is 55.9 Å². The number of benzene rings is 9. The van der Waals surface area contributed by atoms with Gasteiger partial charge in [-0.15, -0.1) is 0 Å². The van der Waals surface area contributed by atoms with E-state index < -0.39 is 0 Å². The zero-order chi connectivity index (χ0) is 37.5. The van der Waals surface area contributed by atoms with Crippen molar-refractivity contribution < 1.29 is 0 Å². The van der Waals surface area contributed by atoms with Crippen LogP contribution in [0.2, 0.25) is 0 Å². The van der Waals surface area contributed by atoms with Gasteiger partial charge in [0, 0.05) is 33.7 Å². The Morgan fingerprint density at radius 1 is 0.281 bits per heavy atom. The third-order valence-electron chi connectivity index (χ3n) is 12.2. The molecule has 266 valence electrons. The first-order chi connectivity index (χ1) is 28.3. The molecule has 0 bridgehead atoms. The maximum atomic E-state index is 2.53. The lowest BCUT2D eigenvalue weighted by atomic mass is 9.96. The van der Waals surface area contributed by atoms with E-state index in [-0.39, 0.29) is 0 Å². The average molecular weight is 725 g/mol. The fraction of sp³-hybridized carbons (Fsp3) is 0.0182. The van der Waals surface area contributed by atoms with Crippen LogP contribution in [0.25, 0.3) is 99.5 Å². The SMILES string of the molecule is c1ccc(-c2ccc(-c3ccc(-n4c5ccccc5c5c6c7ccccc7n(-c7cccc8c7Cc7c(-c9ccccc9)cccc7-8)c6ccc54)cc3)cc2)cc1. The van der Waals surface area contributed by atoms with Gasteiger partial charge < -0.3 is 9.13 Å². The zero-order valence-electron chi connectivity index (χ0n) is 31.2. The molecule has 0 fully saturated rings. The summed E-state index contributed by atoms with van der Waals surface area (Å²) in [7, 11) is 0. The van der Waals surface area contributed by atoms with Crippen LogP contribution in [-0.2, 0) is 6.42 Å². The van der Waals surface area contributed by atoms with E-state index in [9.17, 15) is 0 Å². The van der Waals surface area contributed by atoms with Crippen LogP contribution in [0.5, 0.6) is 0 Å². The summed E-state index contributed by atoms with van der Waals surface area (Å²) in [6.45, 7) is 0. The van der Waals surface area contributed by atoms with E-state index in [0.717, 1.165) is 12.1 Å². The topological polar surface area (TPSA) is 9.86 Å². The van der Waals surface area contributed by atoms with Crippen LogP contribution in [0.3, 0.4) is 0 Å². The van der Waals surface area contributed by atoms with Crippen LogP contribution in [0.4, 0.5) is 0 Å². The van der Waals surface area contributed by atoms with Crippen molar-refractivity contribution in [2.24, 2.45) is 0 Å². The normalized spacial score (nSPS) is 12.1. The number of hydrogen-bond acceptors (Lipinski definition) is 0. The Bertz CT molecular complexity index is 3330. The van der Waals surface area contributed by atoms with Gasteiger partial charge in [0.2, 0.25) is 0 Å². The Morgan fingerprint density at radius 3 is 1.37 bits per heavy atom. The van der Waals surface area contributed by atoms with Gasteiger partial charge in [-0.05, 0) is 98.1 Å². The standard InChI is InChI=1S/C55H36N2/c1-3-13-36(14-4-1)37-25-27-38(28-26-37)39-29-31-41(32-30-39)56-49-22-9-7-17-45(49)54-52(56)33-34-53-55(54)46-18-8-10-23-50(46)57(53)51-24-12-21-44-43-20-11-19-42(47(43)35-48(44)51)40-15-5-2-6-16-40/h1-34H,35H2. The molecule has 0 amide bonds. The van der Waals surface area contributed by atoms with Crippen LogP contribution in [0, 0.1) is 0 Å². The van der Waals surface area contributed by atoms with E-state index in [2.05, 4.69) is 215 Å². The molecule has 2 aromatic heterocycles. The minimum absolute atomic E-state index is 0.897. The number of aromatic nitrogens is 2. The molecule has 2 nitrogen and oxygen atoms in total. The summed E-state index contributed by atoms with van der Waals surface area (Å²) >= 11 is 0. The van der Waals surface area contributed by atoms with Crippen molar-refractivity contribution in [1.82, 2.24) is 9.13 Å². The molecule has 0 radical (unpaired) electrons. The van der Waals surface area contributed by atoms with Gasteiger partial charge in [0.25, 0.3) is 0 Å². The first-order valence-electron chi connectivity index (χ1n) is 19.8. The highest BCUT2D eigenvalue weighted by Gasteiger charge is 2.27. The van der Waals surface area contributed by atoms with Gasteiger partial charge in [0.05, 0.1) is 27.8 Å². The molecule has 11 aromatic rings. The molecule has 0 atom stereocenters. The summed E-state index contributed by atoms with van der Waals surface area (Å²) < 4.78 is 4.97. The molecule has 9 aromatic carbocycles. The van der Waals surface area contributed by atoms with Crippen molar-refractivity contribution >= 4 is 43.6 Å². The highest BCUT2D eigenvalue weighted by Crippen LogP contribution is 2.47. The van der Waals surface area contributed by atoms with Crippen molar-refractivity contribution in [2.75, 3.05) is 0 Å². The molecule has 0 spiro atoms. The molecule has 12 rings (SSSR count). The summed E-state index contributed by atoms with van der Waals surface area (Å²) in [5.74, 6) is 0. The van der Waals surface area contributed by atoms with Crippen molar-refractivity contribution in [2.45, 2.75) is 6.42 Å². The van der Waals surface area contributed by atoms with Crippen LogP contribution >= 0.6 is 0 Å². The first-order valence-corrected chi connectivity index (χ1v) is 19.8. The summed E-state index contributed by atoms with van der Waals surface area (Å²) in [5.41, 5.74) is 20.2. The maximum Gasteiger partial charge on any atom is 0.0549 e. The fourth-order valence-corrected chi connectivity index (χ4v) is 9.66. The molecular formula is C55H36N2. The Hall–Kier alpha value is -7.42. The number of para-hydroxylation sites is 2. The monoisotopic (exact) mass is 724 g/mol. The lowest BCUT2D eigenvalue weighted by molar-refractivity contribution is 1.12. The lowest BCUT2D eigenvalue weighted by Crippen LogP contribution is -1.99. The van der Waals surface area contributed by atoms with Crippen molar-refractivity contribution in [3.63, 3.8) is 0 Å². The predicted octanol–water partition coefficient (Wildman–Crippen LogP) is 14.5. The van der Waals surface area contributed by atoms with Gasteiger partial charge in [-0.25, -0.2) is 0 Å². The van der Waals surface area contributed by atoms with E-state index in [4.69, 9.17) is 0 Å². The van der Waals surface area contributed by atoms with Crippen LogP contribution in [-0.4, -0.2) is 9.13 Å². The lowest BCUT2D eigenvalue weighted by Gasteiger charge is -2.13. The molecule has 1 aliphatic carbocycles. The summed E-state index contributed by atoms with van der Waals surface area (Å²) in [5, 5.41) is 5.13. The molecule has 1 aliphatic rings. The molecule has 2 heteroatoms. The minimum atomic E-state index is 0.897. The second-order valence-electron chi connectivity index (χ2n) is 15.2. The number of rotatable bonds is 5. The van der Waals surface area contributed by atoms with Crippen LogP contribution in [0.15, 0.2) is 206 Å². The van der Waals surface area contributed by atoms with Crippen molar-refractivity contribution in [1.29, 1.82) is 0 Å². The van der Waals surface area contributed by atoms with Gasteiger partial charge in [-0.3, -0.25) is 0 Å². The van der Waals surface area contributed by atoms with E-state index in [1.165, 1.54) is 105 Å². The highest BCUT2D eigenvalue weighted by molar-refractivity contribution is 6.29. The molecular weight excluding hydrogens is 689 g/mol. The van der Waals surface area contributed by atoms with E-state index in [1.54, 1.807) is 0 Å². The molecule has 0 saturated carbocycles. The van der Waals surface area contributed by atoms with Gasteiger partial charge in [-0.1, -0.05) is 164 Å². The molecule has 57 heavy (non-hydrogen) atoms. The second kappa shape index (κ2) is 12.6. The van der Waals surface area contributed by atoms with Crippen molar-refractivity contribution in [3.05, 3.63) is 217 Å². The van der Waals surface area contributed by atoms with Gasteiger partial charge in [0.15, 0.2) is 0 Å². The first kappa shape index (κ1) is 31.9. The third kappa shape index (κ3) is 4.84. The Morgan fingerprint density at radius 2 is 0.737 bits per heavy atom. The average Bonchev–Trinajstić information content (AvgIpc) is 3.95. The minimum Gasteiger partial charge on any atom is -0.309 e. The van der Waals surface area contributed by atoms with Crippen LogP contribution < -0.4 is 0 Å². The number of fused-ring (bicyclic) bond motifs is 10. The van der Waals surface area contributed by atoms with Crippen LogP contribution in [0.1, 0.15) is 11.1 Å². The molecule has 0 aliphatic heterocycles. The molecule has 0 saturated heterocycles. The fourth-order valence-electron chi connectivity index (χ4n) is 9.66. The smallest absolute Gasteiger partial charge is 0.0549 e. The Kier molecular flexibility index (Phi) is 7.02.